The van der Waals surface area contributed by atoms with E-state index in [4.69, 9.17) is 11.6 Å². The highest BCUT2D eigenvalue weighted by Crippen LogP contribution is 2.11. The number of hydrogen-bond donors (Lipinski definition) is 1. The molecular weight excluding hydrogens is 272 g/mol. The molecule has 0 saturated heterocycles. The van der Waals surface area contributed by atoms with Crippen LogP contribution in [-0.2, 0) is 6.42 Å². The molecule has 0 atom stereocenters. The predicted octanol–water partition coefficient (Wildman–Crippen LogP) is 4.39. The van der Waals surface area contributed by atoms with Crippen LogP contribution in [0.2, 0.25) is 5.15 Å². The molecule has 1 rings (SSSR count). The van der Waals surface area contributed by atoms with Gasteiger partial charge >= 0.3 is 0 Å². The van der Waals surface area contributed by atoms with Gasteiger partial charge in [-0.2, -0.15) is 0 Å². The summed E-state index contributed by atoms with van der Waals surface area (Å²) in [5.74, 6) is -0.0578. The van der Waals surface area contributed by atoms with Crippen molar-refractivity contribution in [3.63, 3.8) is 0 Å². The standard InChI is InChI=1S/C16H25ClN2O/c1-3-5-6-7-8-9-10-18-16(20)13-11-14(4-2)19-15(17)12-13/h11-12H,3-10H2,1-2H3,(H,18,20). The molecule has 1 heterocycles. The molecule has 0 bridgehead atoms. The van der Waals surface area contributed by atoms with Crippen LogP contribution >= 0.6 is 11.6 Å². The molecule has 0 saturated carbocycles. The zero-order valence-electron chi connectivity index (χ0n) is 12.5. The van der Waals surface area contributed by atoms with Crippen molar-refractivity contribution in [2.75, 3.05) is 6.54 Å². The Kier molecular flexibility index (Phi) is 8.28. The number of halogens is 1. The first-order chi connectivity index (χ1) is 9.67. The average Bonchev–Trinajstić information content (AvgIpc) is 2.45. The molecule has 0 spiro atoms. The van der Waals surface area contributed by atoms with Crippen molar-refractivity contribution in [2.45, 2.75) is 58.8 Å². The van der Waals surface area contributed by atoms with E-state index in [-0.39, 0.29) is 5.91 Å². The Hall–Kier alpha value is -1.09. The Morgan fingerprint density at radius 2 is 1.85 bits per heavy atom. The second kappa shape index (κ2) is 9.76. The minimum Gasteiger partial charge on any atom is -0.352 e. The predicted molar refractivity (Wildman–Crippen MR) is 84.3 cm³/mol. The Labute approximate surface area is 127 Å². The van der Waals surface area contributed by atoms with Gasteiger partial charge in [-0.05, 0) is 25.0 Å². The van der Waals surface area contributed by atoms with Crippen LogP contribution in [0.4, 0.5) is 0 Å². The summed E-state index contributed by atoms with van der Waals surface area (Å²) >= 11 is 5.91. The third-order valence-corrected chi connectivity index (χ3v) is 3.48. The van der Waals surface area contributed by atoms with Crippen molar-refractivity contribution in [3.8, 4) is 0 Å². The molecule has 0 aliphatic rings. The van der Waals surface area contributed by atoms with Gasteiger partial charge in [0, 0.05) is 17.8 Å². The van der Waals surface area contributed by atoms with Crippen molar-refractivity contribution >= 4 is 17.5 Å². The van der Waals surface area contributed by atoms with Crippen LogP contribution in [0.3, 0.4) is 0 Å². The van der Waals surface area contributed by atoms with Gasteiger partial charge in [0.25, 0.3) is 5.91 Å². The first-order valence-corrected chi connectivity index (χ1v) is 7.99. The fourth-order valence-corrected chi connectivity index (χ4v) is 2.30. The quantitative estimate of drug-likeness (QED) is 0.542. The van der Waals surface area contributed by atoms with Gasteiger partial charge in [0.1, 0.15) is 5.15 Å². The van der Waals surface area contributed by atoms with Crippen molar-refractivity contribution < 1.29 is 4.79 Å². The van der Waals surface area contributed by atoms with E-state index in [2.05, 4.69) is 17.2 Å². The van der Waals surface area contributed by atoms with Gasteiger partial charge in [-0.25, -0.2) is 4.98 Å². The van der Waals surface area contributed by atoms with Crippen LogP contribution < -0.4 is 5.32 Å². The largest absolute Gasteiger partial charge is 0.352 e. The van der Waals surface area contributed by atoms with E-state index < -0.39 is 0 Å². The number of carbonyl (C=O) groups excluding carboxylic acids is 1. The molecule has 1 amide bonds. The van der Waals surface area contributed by atoms with E-state index in [0.29, 0.717) is 10.7 Å². The Balaban J connectivity index is 2.30. The minimum absolute atomic E-state index is 0.0578. The number of carbonyl (C=O) groups is 1. The number of hydrogen-bond acceptors (Lipinski definition) is 2. The lowest BCUT2D eigenvalue weighted by Gasteiger charge is -2.07. The summed E-state index contributed by atoms with van der Waals surface area (Å²) < 4.78 is 0. The highest BCUT2D eigenvalue weighted by Gasteiger charge is 2.08. The third kappa shape index (κ3) is 6.38. The van der Waals surface area contributed by atoms with Gasteiger partial charge in [0.15, 0.2) is 0 Å². The van der Waals surface area contributed by atoms with E-state index in [9.17, 15) is 4.79 Å². The van der Waals surface area contributed by atoms with Gasteiger partial charge in [0.05, 0.1) is 0 Å². The van der Waals surface area contributed by atoms with Crippen LogP contribution in [0.1, 0.15) is 68.4 Å². The SMILES string of the molecule is CCCCCCCCNC(=O)c1cc(Cl)nc(CC)c1. The number of rotatable bonds is 9. The lowest BCUT2D eigenvalue weighted by Crippen LogP contribution is -2.24. The van der Waals surface area contributed by atoms with Crippen molar-refractivity contribution in [1.29, 1.82) is 0 Å². The van der Waals surface area contributed by atoms with Crippen molar-refractivity contribution in [1.82, 2.24) is 10.3 Å². The highest BCUT2D eigenvalue weighted by molar-refractivity contribution is 6.29. The summed E-state index contributed by atoms with van der Waals surface area (Å²) in [7, 11) is 0. The molecule has 3 nitrogen and oxygen atoms in total. The normalized spacial score (nSPS) is 10.6. The zero-order chi connectivity index (χ0) is 14.8. The van der Waals surface area contributed by atoms with Gasteiger partial charge in [0.2, 0.25) is 0 Å². The monoisotopic (exact) mass is 296 g/mol. The Morgan fingerprint density at radius 1 is 1.15 bits per heavy atom. The summed E-state index contributed by atoms with van der Waals surface area (Å²) in [6, 6.07) is 3.43. The maximum absolute atomic E-state index is 12.0. The highest BCUT2D eigenvalue weighted by atomic mass is 35.5. The number of amides is 1. The molecule has 1 aromatic rings. The topological polar surface area (TPSA) is 42.0 Å². The summed E-state index contributed by atoms with van der Waals surface area (Å²) in [5.41, 5.74) is 1.45. The van der Waals surface area contributed by atoms with Crippen LogP contribution in [0.25, 0.3) is 0 Å². The molecule has 0 radical (unpaired) electrons. The number of nitrogens with one attached hydrogen (secondary N) is 1. The van der Waals surface area contributed by atoms with Gasteiger partial charge in [-0.3, -0.25) is 4.79 Å². The van der Waals surface area contributed by atoms with E-state index in [1.165, 1.54) is 32.1 Å². The summed E-state index contributed by atoms with van der Waals surface area (Å²) in [5, 5.41) is 3.33. The van der Waals surface area contributed by atoms with Crippen molar-refractivity contribution in [2.24, 2.45) is 0 Å². The van der Waals surface area contributed by atoms with E-state index >= 15 is 0 Å². The molecule has 1 aromatic heterocycles. The number of unbranched alkanes of at least 4 members (excludes halogenated alkanes) is 5. The molecule has 20 heavy (non-hydrogen) atoms. The number of aryl methyl sites for hydroxylation is 1. The summed E-state index contributed by atoms with van der Waals surface area (Å²) in [6.45, 7) is 4.94. The van der Waals surface area contributed by atoms with E-state index in [1.807, 2.05) is 13.0 Å². The Morgan fingerprint density at radius 3 is 2.55 bits per heavy atom. The maximum Gasteiger partial charge on any atom is 0.251 e. The summed E-state index contributed by atoms with van der Waals surface area (Å²) in [4.78, 5) is 16.2. The van der Waals surface area contributed by atoms with Gasteiger partial charge < -0.3 is 5.32 Å². The molecule has 0 unspecified atom stereocenters. The number of aromatic nitrogens is 1. The number of nitrogens with zero attached hydrogens (tertiary/aromatic N) is 1. The molecule has 4 heteroatoms. The van der Waals surface area contributed by atoms with Gasteiger partial charge in [-0.15, -0.1) is 0 Å². The first-order valence-electron chi connectivity index (χ1n) is 7.62. The lowest BCUT2D eigenvalue weighted by atomic mass is 10.1. The second-order valence-corrected chi connectivity index (χ2v) is 5.43. The van der Waals surface area contributed by atoms with E-state index in [0.717, 1.165) is 25.1 Å². The molecule has 0 aromatic carbocycles. The molecule has 112 valence electrons. The van der Waals surface area contributed by atoms with Crippen LogP contribution in [0, 0.1) is 0 Å². The smallest absolute Gasteiger partial charge is 0.251 e. The fourth-order valence-electron chi connectivity index (χ4n) is 2.07. The second-order valence-electron chi connectivity index (χ2n) is 5.05. The van der Waals surface area contributed by atoms with Crippen molar-refractivity contribution in [3.05, 3.63) is 28.5 Å². The first kappa shape index (κ1) is 17.0. The average molecular weight is 297 g/mol. The molecule has 0 fully saturated rings. The zero-order valence-corrected chi connectivity index (χ0v) is 13.3. The molecule has 0 aliphatic heterocycles. The fraction of sp³-hybridized carbons (Fsp3) is 0.625. The van der Waals surface area contributed by atoms with Crippen LogP contribution in [0.5, 0.6) is 0 Å². The van der Waals surface area contributed by atoms with E-state index in [1.54, 1.807) is 6.07 Å². The van der Waals surface area contributed by atoms with Crippen LogP contribution in [-0.4, -0.2) is 17.4 Å². The summed E-state index contributed by atoms with van der Waals surface area (Å²) in [6.07, 6.45) is 8.11. The minimum atomic E-state index is -0.0578. The lowest BCUT2D eigenvalue weighted by molar-refractivity contribution is 0.0952. The van der Waals surface area contributed by atoms with Crippen LogP contribution in [0.15, 0.2) is 12.1 Å². The molecule has 0 aliphatic carbocycles. The molecular formula is C16H25ClN2O. The molecule has 1 N–H and O–H groups in total. The maximum atomic E-state index is 12.0. The third-order valence-electron chi connectivity index (χ3n) is 3.29. The Bertz CT molecular complexity index is 421. The van der Waals surface area contributed by atoms with Gasteiger partial charge in [-0.1, -0.05) is 57.6 Å². The number of pyridine rings is 1.